The molecule has 0 saturated carbocycles. The average Bonchev–Trinajstić information content (AvgIpc) is 2.63. The number of nitro groups is 1. The van der Waals surface area contributed by atoms with Crippen LogP contribution in [0.3, 0.4) is 0 Å². The molecule has 0 fully saturated rings. The van der Waals surface area contributed by atoms with Crippen molar-refractivity contribution in [2.24, 2.45) is 7.05 Å². The quantitative estimate of drug-likeness (QED) is 0.677. The molecule has 0 bridgehead atoms. The third kappa shape index (κ3) is 2.73. The van der Waals surface area contributed by atoms with Crippen molar-refractivity contribution in [3.8, 4) is 0 Å². The lowest BCUT2D eigenvalue weighted by atomic mass is 10.1. The second-order valence-corrected chi connectivity index (χ2v) is 4.50. The zero-order valence-electron chi connectivity index (χ0n) is 11.2. The first-order chi connectivity index (χ1) is 8.99. The highest BCUT2D eigenvalue weighted by Crippen LogP contribution is 2.27. The smallest absolute Gasteiger partial charge is 0.333 e. The Morgan fingerprint density at radius 2 is 1.95 bits per heavy atom. The Bertz CT molecular complexity index is 602. The Kier molecular flexibility index (Phi) is 3.50. The minimum atomic E-state index is -0.403. The number of hydrogen-bond donors (Lipinski definition) is 1. The van der Waals surface area contributed by atoms with Crippen molar-refractivity contribution in [2.45, 2.75) is 20.4 Å². The van der Waals surface area contributed by atoms with Gasteiger partial charge in [-0.25, -0.2) is 4.68 Å². The number of nitrogens with zero attached hydrogens (tertiary/aromatic N) is 3. The molecule has 1 N–H and O–H groups in total. The lowest BCUT2D eigenvalue weighted by Crippen LogP contribution is -2.06. The molecule has 6 nitrogen and oxygen atoms in total. The lowest BCUT2D eigenvalue weighted by molar-refractivity contribution is -0.384. The van der Waals surface area contributed by atoms with Crippen molar-refractivity contribution in [2.75, 3.05) is 5.32 Å². The van der Waals surface area contributed by atoms with Gasteiger partial charge in [0.1, 0.15) is 5.69 Å². The van der Waals surface area contributed by atoms with E-state index in [0.717, 1.165) is 5.56 Å². The number of hydrogen-bond acceptors (Lipinski definition) is 4. The van der Waals surface area contributed by atoms with Crippen LogP contribution >= 0.6 is 0 Å². The van der Waals surface area contributed by atoms with Crippen LogP contribution < -0.4 is 5.32 Å². The molecule has 0 atom stereocenters. The molecule has 0 radical (unpaired) electrons. The Morgan fingerprint density at radius 3 is 2.53 bits per heavy atom. The Labute approximate surface area is 111 Å². The zero-order valence-corrected chi connectivity index (χ0v) is 11.2. The molecule has 100 valence electrons. The highest BCUT2D eigenvalue weighted by molar-refractivity contribution is 5.59. The molecule has 0 spiro atoms. The summed E-state index contributed by atoms with van der Waals surface area (Å²) in [6, 6.07) is 8.02. The molecule has 0 aliphatic rings. The maximum atomic E-state index is 11.0. The first-order valence-electron chi connectivity index (χ1n) is 5.96. The van der Waals surface area contributed by atoms with E-state index in [-0.39, 0.29) is 5.69 Å². The van der Waals surface area contributed by atoms with E-state index in [1.54, 1.807) is 14.0 Å². The zero-order chi connectivity index (χ0) is 14.0. The van der Waals surface area contributed by atoms with Crippen LogP contribution in [-0.2, 0) is 13.6 Å². The van der Waals surface area contributed by atoms with Crippen molar-refractivity contribution < 1.29 is 4.92 Å². The van der Waals surface area contributed by atoms with Gasteiger partial charge in [0.2, 0.25) is 5.82 Å². The van der Waals surface area contributed by atoms with Gasteiger partial charge >= 0.3 is 5.69 Å². The molecule has 0 saturated heterocycles. The second-order valence-electron chi connectivity index (χ2n) is 4.50. The number of aromatic nitrogens is 2. The van der Waals surface area contributed by atoms with E-state index in [9.17, 15) is 10.1 Å². The number of anilines is 1. The van der Waals surface area contributed by atoms with Crippen LogP contribution in [0.25, 0.3) is 0 Å². The molecule has 1 aromatic heterocycles. The standard InChI is InChI=1S/C13H16N4O2/c1-9-4-6-11(7-5-9)8-14-13-12(17(18)19)10(2)15-16(13)3/h4-7,14H,8H2,1-3H3. The van der Waals surface area contributed by atoms with Crippen LogP contribution in [0.5, 0.6) is 0 Å². The number of nitrogens with one attached hydrogen (secondary N) is 1. The minimum absolute atomic E-state index is 0.0367. The molecular formula is C13H16N4O2. The van der Waals surface area contributed by atoms with Crippen LogP contribution in [0.4, 0.5) is 11.5 Å². The Balaban J connectivity index is 2.20. The fraction of sp³-hybridized carbons (Fsp3) is 0.308. The predicted molar refractivity (Wildman–Crippen MR) is 73.1 cm³/mol. The molecule has 6 heteroatoms. The van der Waals surface area contributed by atoms with E-state index in [1.165, 1.54) is 10.2 Å². The molecule has 0 aliphatic carbocycles. The van der Waals surface area contributed by atoms with Gasteiger partial charge in [-0.05, 0) is 19.4 Å². The largest absolute Gasteiger partial charge is 0.360 e. The van der Waals surface area contributed by atoms with E-state index in [4.69, 9.17) is 0 Å². The van der Waals surface area contributed by atoms with Gasteiger partial charge in [-0.3, -0.25) is 10.1 Å². The topological polar surface area (TPSA) is 73.0 Å². The maximum absolute atomic E-state index is 11.0. The van der Waals surface area contributed by atoms with E-state index < -0.39 is 4.92 Å². The third-order valence-electron chi connectivity index (χ3n) is 2.95. The van der Waals surface area contributed by atoms with Gasteiger partial charge < -0.3 is 5.32 Å². The maximum Gasteiger partial charge on any atom is 0.333 e. The molecule has 2 aromatic rings. The molecule has 0 unspecified atom stereocenters. The average molecular weight is 260 g/mol. The Morgan fingerprint density at radius 1 is 1.32 bits per heavy atom. The molecular weight excluding hydrogens is 244 g/mol. The molecule has 1 aromatic carbocycles. The molecule has 1 heterocycles. The SMILES string of the molecule is Cc1ccc(CNc2c([N+](=O)[O-])c(C)nn2C)cc1. The van der Waals surface area contributed by atoms with Crippen molar-refractivity contribution in [3.05, 3.63) is 51.2 Å². The summed E-state index contributed by atoms with van der Waals surface area (Å²) in [5, 5.41) is 18.2. The van der Waals surface area contributed by atoms with Crippen LogP contribution in [0.15, 0.2) is 24.3 Å². The fourth-order valence-electron chi connectivity index (χ4n) is 1.96. The van der Waals surface area contributed by atoms with Gasteiger partial charge in [0, 0.05) is 13.6 Å². The molecule has 0 aliphatic heterocycles. The van der Waals surface area contributed by atoms with Gasteiger partial charge in [0.15, 0.2) is 0 Å². The second kappa shape index (κ2) is 5.09. The van der Waals surface area contributed by atoms with E-state index in [0.29, 0.717) is 18.1 Å². The van der Waals surface area contributed by atoms with Crippen LogP contribution in [-0.4, -0.2) is 14.7 Å². The first-order valence-corrected chi connectivity index (χ1v) is 5.96. The van der Waals surface area contributed by atoms with Crippen LogP contribution in [0.2, 0.25) is 0 Å². The highest BCUT2D eigenvalue weighted by atomic mass is 16.6. The van der Waals surface area contributed by atoms with E-state index in [1.807, 2.05) is 31.2 Å². The first kappa shape index (κ1) is 13.1. The minimum Gasteiger partial charge on any atom is -0.360 e. The number of aryl methyl sites for hydroxylation is 3. The van der Waals surface area contributed by atoms with Gasteiger partial charge in [0.25, 0.3) is 0 Å². The van der Waals surface area contributed by atoms with Crippen molar-refractivity contribution in [1.82, 2.24) is 9.78 Å². The van der Waals surface area contributed by atoms with Gasteiger partial charge in [0.05, 0.1) is 4.92 Å². The molecule has 2 rings (SSSR count). The summed E-state index contributed by atoms with van der Waals surface area (Å²) in [4.78, 5) is 10.6. The van der Waals surface area contributed by atoms with Crippen molar-refractivity contribution in [3.63, 3.8) is 0 Å². The van der Waals surface area contributed by atoms with E-state index >= 15 is 0 Å². The van der Waals surface area contributed by atoms with Gasteiger partial charge in [-0.2, -0.15) is 5.10 Å². The Hall–Kier alpha value is -2.37. The van der Waals surface area contributed by atoms with Crippen molar-refractivity contribution >= 4 is 11.5 Å². The molecule has 0 amide bonds. The van der Waals surface area contributed by atoms with Gasteiger partial charge in [-0.1, -0.05) is 29.8 Å². The molecule has 19 heavy (non-hydrogen) atoms. The summed E-state index contributed by atoms with van der Waals surface area (Å²) in [7, 11) is 1.69. The van der Waals surface area contributed by atoms with Crippen LogP contribution in [0.1, 0.15) is 16.8 Å². The predicted octanol–water partition coefficient (Wildman–Crippen LogP) is 2.56. The summed E-state index contributed by atoms with van der Waals surface area (Å²) in [5.41, 5.74) is 2.71. The van der Waals surface area contributed by atoms with Gasteiger partial charge in [-0.15, -0.1) is 0 Å². The third-order valence-corrected chi connectivity index (χ3v) is 2.95. The summed E-state index contributed by atoms with van der Waals surface area (Å²) in [6.45, 7) is 4.18. The number of rotatable bonds is 4. The lowest BCUT2D eigenvalue weighted by Gasteiger charge is -2.06. The normalized spacial score (nSPS) is 10.5. The summed E-state index contributed by atoms with van der Waals surface area (Å²) in [6.07, 6.45) is 0. The van der Waals surface area contributed by atoms with Crippen LogP contribution in [0, 0.1) is 24.0 Å². The van der Waals surface area contributed by atoms with E-state index in [2.05, 4.69) is 10.4 Å². The summed E-state index contributed by atoms with van der Waals surface area (Å²) in [5.74, 6) is 0.433. The number of benzene rings is 1. The summed E-state index contributed by atoms with van der Waals surface area (Å²) < 4.78 is 1.50. The monoisotopic (exact) mass is 260 g/mol. The fourth-order valence-corrected chi connectivity index (χ4v) is 1.96. The highest BCUT2D eigenvalue weighted by Gasteiger charge is 2.23. The van der Waals surface area contributed by atoms with Crippen molar-refractivity contribution in [1.29, 1.82) is 0 Å². The summed E-state index contributed by atoms with van der Waals surface area (Å²) >= 11 is 0.